The van der Waals surface area contributed by atoms with Gasteiger partial charge in [-0.25, -0.2) is 0 Å². The fourth-order valence-corrected chi connectivity index (χ4v) is 12.9. The molecule has 10 aromatic carbocycles. The van der Waals surface area contributed by atoms with E-state index in [4.69, 9.17) is 9.47 Å². The van der Waals surface area contributed by atoms with Crippen LogP contribution in [0.15, 0.2) is 200 Å². The minimum atomic E-state index is -0.232. The normalized spacial score (nSPS) is 13.3. The lowest BCUT2D eigenvalue weighted by Crippen LogP contribution is -2.58. The Hall–Kier alpha value is -8.14. The first-order valence-electron chi connectivity index (χ1n) is 31.6. The van der Waals surface area contributed by atoms with Gasteiger partial charge in [-0.2, -0.15) is 0 Å². The average molecular weight is 1140 g/mol. The van der Waals surface area contributed by atoms with Crippen LogP contribution in [0.1, 0.15) is 158 Å². The SMILES string of the molecule is CC(C)(C)c1ccc(-c2cc(-c3ccc(C(C)(C)C)cc3)cc(-c3c4c5c(c(-c6cc(-c7ccc(C(C)(C)C)cc7)cc(-c7ccc(C(C)(C)C)cc7)c6)c3-c3ccccc3)Oc3ccc(C(C)(C)C)cc3B5c3cc(C(C)(C)C)ccc3O4)c2)cc1. The Morgan fingerprint density at radius 2 is 0.494 bits per heavy atom. The molecule has 2 aliphatic rings. The van der Waals surface area contributed by atoms with Crippen molar-refractivity contribution in [1.29, 1.82) is 0 Å². The third kappa shape index (κ3) is 11.4. The van der Waals surface area contributed by atoms with Gasteiger partial charge in [-0.1, -0.05) is 276 Å². The van der Waals surface area contributed by atoms with Crippen LogP contribution in [0, 0.1) is 0 Å². The molecule has 10 aromatic rings. The maximum Gasteiger partial charge on any atom is 0.260 e. The summed E-state index contributed by atoms with van der Waals surface area (Å²) >= 11 is 0. The molecule has 0 aliphatic carbocycles. The number of ether oxygens (including phenoxy) is 2. The lowest BCUT2D eigenvalue weighted by Gasteiger charge is -2.38. The third-order valence-corrected chi connectivity index (χ3v) is 18.4. The number of hydrogen-bond donors (Lipinski definition) is 0. The van der Waals surface area contributed by atoms with Crippen molar-refractivity contribution in [3.63, 3.8) is 0 Å². The van der Waals surface area contributed by atoms with E-state index in [0.717, 1.165) is 117 Å². The molecule has 0 aromatic heterocycles. The van der Waals surface area contributed by atoms with E-state index in [0.29, 0.717) is 0 Å². The first-order chi connectivity index (χ1) is 40.9. The van der Waals surface area contributed by atoms with Crippen molar-refractivity contribution in [2.24, 2.45) is 0 Å². The molecule has 87 heavy (non-hydrogen) atoms. The monoisotopic (exact) mass is 1140 g/mol. The minimum absolute atomic E-state index is 0.00218. The van der Waals surface area contributed by atoms with Gasteiger partial charge >= 0.3 is 0 Å². The molecule has 0 saturated heterocycles. The molecular formula is C84H87BO2. The Kier molecular flexibility index (Phi) is 14.5. The highest BCUT2D eigenvalue weighted by Gasteiger charge is 2.45. The van der Waals surface area contributed by atoms with Crippen LogP contribution in [0.4, 0.5) is 0 Å². The van der Waals surface area contributed by atoms with Gasteiger partial charge in [0.1, 0.15) is 23.0 Å². The fourth-order valence-electron chi connectivity index (χ4n) is 12.9. The van der Waals surface area contributed by atoms with Crippen LogP contribution in [0.5, 0.6) is 23.0 Å². The van der Waals surface area contributed by atoms with E-state index in [1.807, 2.05) is 0 Å². The number of hydrogen-bond acceptors (Lipinski definition) is 2. The summed E-state index contributed by atoms with van der Waals surface area (Å²) in [7, 11) is 0. The van der Waals surface area contributed by atoms with E-state index >= 15 is 0 Å². The molecule has 0 saturated carbocycles. The summed E-state index contributed by atoms with van der Waals surface area (Å²) in [5, 5.41) is 0. The molecular weight excluding hydrogens is 1050 g/mol. The summed E-state index contributed by atoms with van der Waals surface area (Å²) in [6, 6.07) is 76.4. The summed E-state index contributed by atoms with van der Waals surface area (Å²) in [5.74, 6) is 3.37. The Balaban J connectivity index is 1.26. The number of rotatable bonds is 7. The summed E-state index contributed by atoms with van der Waals surface area (Å²) in [6.45, 7) is 41.1. The lowest BCUT2D eigenvalue weighted by molar-refractivity contribution is 0.466. The van der Waals surface area contributed by atoms with Gasteiger partial charge in [0.15, 0.2) is 0 Å². The van der Waals surface area contributed by atoms with Crippen LogP contribution >= 0.6 is 0 Å². The topological polar surface area (TPSA) is 18.5 Å². The van der Waals surface area contributed by atoms with Crippen LogP contribution in [0.3, 0.4) is 0 Å². The summed E-state index contributed by atoms with van der Waals surface area (Å²) in [5.41, 5.74) is 26.3. The second-order valence-corrected chi connectivity index (χ2v) is 31.1. The van der Waals surface area contributed by atoms with E-state index in [-0.39, 0.29) is 39.2 Å². The van der Waals surface area contributed by atoms with Crippen LogP contribution in [0.25, 0.3) is 77.9 Å². The van der Waals surface area contributed by atoms with E-state index in [1.54, 1.807) is 0 Å². The summed E-state index contributed by atoms with van der Waals surface area (Å²) in [4.78, 5) is 0. The van der Waals surface area contributed by atoms with Gasteiger partial charge in [0.05, 0.1) is 0 Å². The molecule has 0 spiro atoms. The molecule has 2 aliphatic heterocycles. The molecule has 0 radical (unpaired) electrons. The molecule has 0 N–H and O–H groups in total. The van der Waals surface area contributed by atoms with Gasteiger partial charge in [0, 0.05) is 22.2 Å². The van der Waals surface area contributed by atoms with Crippen LogP contribution in [-0.4, -0.2) is 6.71 Å². The maximum absolute atomic E-state index is 7.82. The Morgan fingerprint density at radius 3 is 0.770 bits per heavy atom. The van der Waals surface area contributed by atoms with Crippen LogP contribution in [-0.2, 0) is 32.5 Å². The van der Waals surface area contributed by atoms with Gasteiger partial charge in [0.2, 0.25) is 0 Å². The zero-order chi connectivity index (χ0) is 61.9. The second kappa shape index (κ2) is 21.3. The van der Waals surface area contributed by atoms with Crippen molar-refractivity contribution in [3.05, 3.63) is 234 Å². The second-order valence-electron chi connectivity index (χ2n) is 31.1. The van der Waals surface area contributed by atoms with E-state index < -0.39 is 0 Å². The van der Waals surface area contributed by atoms with Crippen molar-refractivity contribution in [2.75, 3.05) is 0 Å². The quantitative estimate of drug-likeness (QED) is 0.148. The van der Waals surface area contributed by atoms with Gasteiger partial charge in [0.25, 0.3) is 6.71 Å². The first kappa shape index (κ1) is 59.2. The number of benzene rings is 10. The Morgan fingerprint density at radius 1 is 0.230 bits per heavy atom. The molecule has 0 atom stereocenters. The zero-order valence-electron chi connectivity index (χ0n) is 54.9. The predicted molar refractivity (Wildman–Crippen MR) is 374 cm³/mol. The average Bonchev–Trinajstić information content (AvgIpc) is 0.738. The standard InChI is InChI=1S/C84H87BO2/c1-79(2,3)63-32-24-52(25-33-63)57-44-58(53-26-34-64(35-27-53)80(4,5)6)47-61(46-57)74-73(56-22-20-19-21-23-56)75(62-48-59(54-28-36-65(37-29-54)81(7,8)9)45-60(49-62)55-30-38-66(39-31-55)82(10,11)12)78-76-77(74)86-71-42-40-67(83(13,14)15)50-69(71)85(76)70-51-68(84(16,17)18)41-43-72(70)87-78/h19-51H,1-18H3. The van der Waals surface area contributed by atoms with Gasteiger partial charge in [-0.05, 0) is 187 Å². The number of fused-ring (bicyclic) bond motifs is 4. The molecule has 2 heterocycles. The van der Waals surface area contributed by atoms with E-state index in [2.05, 4.69) is 325 Å². The molecule has 12 rings (SSSR count). The van der Waals surface area contributed by atoms with Crippen molar-refractivity contribution in [1.82, 2.24) is 0 Å². The highest BCUT2D eigenvalue weighted by atomic mass is 16.5. The predicted octanol–water partition coefficient (Wildman–Crippen LogP) is 21.9. The molecule has 0 amide bonds. The van der Waals surface area contributed by atoms with E-state index in [1.165, 1.54) is 33.4 Å². The van der Waals surface area contributed by atoms with E-state index in [9.17, 15) is 0 Å². The van der Waals surface area contributed by atoms with Crippen LogP contribution in [0.2, 0.25) is 0 Å². The molecule has 2 nitrogen and oxygen atoms in total. The van der Waals surface area contributed by atoms with Gasteiger partial charge in [-0.3, -0.25) is 0 Å². The molecule has 0 unspecified atom stereocenters. The zero-order valence-corrected chi connectivity index (χ0v) is 54.9. The lowest BCUT2D eigenvalue weighted by atomic mass is 9.34. The Labute approximate surface area is 521 Å². The molecule has 3 heteroatoms. The van der Waals surface area contributed by atoms with Gasteiger partial charge in [-0.15, -0.1) is 0 Å². The minimum Gasteiger partial charge on any atom is -0.458 e. The third-order valence-electron chi connectivity index (χ3n) is 18.4. The van der Waals surface area contributed by atoms with Crippen LogP contribution < -0.4 is 25.9 Å². The van der Waals surface area contributed by atoms with Crippen molar-refractivity contribution in [2.45, 2.75) is 157 Å². The largest absolute Gasteiger partial charge is 0.458 e. The maximum atomic E-state index is 7.82. The first-order valence-corrected chi connectivity index (χ1v) is 31.6. The molecule has 438 valence electrons. The Bertz CT molecular complexity index is 3840. The van der Waals surface area contributed by atoms with Crippen molar-refractivity contribution < 1.29 is 9.47 Å². The van der Waals surface area contributed by atoms with Gasteiger partial charge < -0.3 is 9.47 Å². The summed E-state index contributed by atoms with van der Waals surface area (Å²) in [6.07, 6.45) is 0. The smallest absolute Gasteiger partial charge is 0.260 e. The fraction of sp³-hybridized carbons (Fsp3) is 0.286. The molecule has 0 bridgehead atoms. The highest BCUT2D eigenvalue weighted by Crippen LogP contribution is 2.55. The highest BCUT2D eigenvalue weighted by molar-refractivity contribution is 6.98. The van der Waals surface area contributed by atoms with Crippen molar-refractivity contribution >= 4 is 23.1 Å². The molecule has 0 fully saturated rings. The summed E-state index contributed by atoms with van der Waals surface area (Å²) < 4.78 is 15.6. The van der Waals surface area contributed by atoms with Crippen molar-refractivity contribution in [3.8, 4) is 101 Å².